The highest BCUT2D eigenvalue weighted by molar-refractivity contribution is 6.62. The number of carbonyl (C=O) groups is 2. The molecule has 4 atom stereocenters. The van der Waals surface area contributed by atoms with Crippen LogP contribution < -0.4 is 5.32 Å². The number of carbonyl (C=O) groups excluding carboxylic acids is 2. The highest BCUT2D eigenvalue weighted by atomic mass is 28.4. The first-order valence-electron chi connectivity index (χ1n) is 7.79. The molecule has 0 aromatic carbocycles. The molecular formula is C15H32N2O5Si. The van der Waals surface area contributed by atoms with E-state index in [-0.39, 0.29) is 35.5 Å². The molecule has 23 heavy (non-hydrogen) atoms. The zero-order valence-electron chi connectivity index (χ0n) is 15.8. The van der Waals surface area contributed by atoms with E-state index in [2.05, 4.69) is 5.32 Å². The van der Waals surface area contributed by atoms with Crippen molar-refractivity contribution in [3.63, 3.8) is 0 Å². The summed E-state index contributed by atoms with van der Waals surface area (Å²) in [5, 5.41) is 2.84. The van der Waals surface area contributed by atoms with Gasteiger partial charge in [-0.05, 0) is 20.8 Å². The fourth-order valence-electron chi connectivity index (χ4n) is 2.97. The molecule has 0 aliphatic heterocycles. The van der Waals surface area contributed by atoms with E-state index in [0.717, 1.165) is 0 Å². The molecule has 0 spiro atoms. The maximum Gasteiger partial charge on any atom is 0.505 e. The SMILES string of the molecule is CO[Si](OC)(OC)C(C)C(C)N(C(C)=O)C(C)C(C)NC(C)=O. The van der Waals surface area contributed by atoms with Crippen LogP contribution in [0, 0.1) is 0 Å². The standard InChI is InChI=1S/C15H32N2O5Si/c1-10(16-14(5)18)11(2)17(15(6)19)12(3)13(4)23(20-7,21-8)22-9/h10-13H,1-9H3,(H,16,18). The van der Waals surface area contributed by atoms with Gasteiger partial charge in [0.1, 0.15) is 0 Å². The second-order valence-corrected chi connectivity index (χ2v) is 9.24. The largest absolute Gasteiger partial charge is 0.505 e. The first kappa shape index (κ1) is 22.0. The normalized spacial score (nSPS) is 17.1. The summed E-state index contributed by atoms with van der Waals surface area (Å²) in [7, 11) is 1.79. The predicted octanol–water partition coefficient (Wildman–Crippen LogP) is 1.40. The number of nitrogens with one attached hydrogen (secondary N) is 1. The van der Waals surface area contributed by atoms with Gasteiger partial charge in [0.2, 0.25) is 11.8 Å². The zero-order valence-corrected chi connectivity index (χ0v) is 16.8. The van der Waals surface area contributed by atoms with E-state index in [4.69, 9.17) is 13.3 Å². The van der Waals surface area contributed by atoms with Gasteiger partial charge >= 0.3 is 8.80 Å². The summed E-state index contributed by atoms with van der Waals surface area (Å²) in [5.41, 5.74) is -0.127. The molecule has 0 bridgehead atoms. The van der Waals surface area contributed by atoms with Gasteiger partial charge in [-0.25, -0.2) is 0 Å². The maximum atomic E-state index is 12.2. The Hall–Kier alpha value is -0.963. The smallest absolute Gasteiger partial charge is 0.377 e. The van der Waals surface area contributed by atoms with Crippen LogP contribution >= 0.6 is 0 Å². The average Bonchev–Trinajstić information content (AvgIpc) is 2.48. The molecule has 4 unspecified atom stereocenters. The van der Waals surface area contributed by atoms with Gasteiger partial charge in [0, 0.05) is 58.8 Å². The van der Waals surface area contributed by atoms with E-state index in [1.165, 1.54) is 13.8 Å². The Balaban J connectivity index is 5.44. The lowest BCUT2D eigenvalue weighted by Crippen LogP contribution is -2.59. The molecule has 2 amide bonds. The van der Waals surface area contributed by atoms with Gasteiger partial charge in [0.25, 0.3) is 0 Å². The summed E-state index contributed by atoms with van der Waals surface area (Å²) < 4.78 is 16.6. The summed E-state index contributed by atoms with van der Waals surface area (Å²) in [4.78, 5) is 25.3. The van der Waals surface area contributed by atoms with Crippen molar-refractivity contribution in [2.45, 2.75) is 65.2 Å². The van der Waals surface area contributed by atoms with E-state index in [1.54, 1.807) is 26.2 Å². The van der Waals surface area contributed by atoms with Gasteiger partial charge in [-0.1, -0.05) is 6.92 Å². The van der Waals surface area contributed by atoms with Crippen molar-refractivity contribution in [2.24, 2.45) is 0 Å². The Morgan fingerprint density at radius 2 is 1.35 bits per heavy atom. The Morgan fingerprint density at radius 1 is 0.913 bits per heavy atom. The van der Waals surface area contributed by atoms with Gasteiger partial charge in [0.15, 0.2) is 0 Å². The van der Waals surface area contributed by atoms with Crippen LogP contribution in [0.25, 0.3) is 0 Å². The van der Waals surface area contributed by atoms with Crippen LogP contribution in [-0.2, 0) is 22.9 Å². The Bertz CT molecular complexity index is 395. The van der Waals surface area contributed by atoms with E-state index < -0.39 is 8.80 Å². The fourth-order valence-corrected chi connectivity index (χ4v) is 5.34. The van der Waals surface area contributed by atoms with Gasteiger partial charge in [-0.15, -0.1) is 0 Å². The third-order valence-electron chi connectivity index (χ3n) is 4.53. The molecule has 0 aromatic rings. The molecule has 8 heteroatoms. The van der Waals surface area contributed by atoms with Crippen molar-refractivity contribution in [3.05, 3.63) is 0 Å². The molecule has 1 N–H and O–H groups in total. The highest BCUT2D eigenvalue weighted by Crippen LogP contribution is 2.31. The summed E-state index contributed by atoms with van der Waals surface area (Å²) >= 11 is 0. The molecule has 0 saturated carbocycles. The minimum Gasteiger partial charge on any atom is -0.377 e. The van der Waals surface area contributed by atoms with Gasteiger partial charge < -0.3 is 23.5 Å². The van der Waals surface area contributed by atoms with Crippen molar-refractivity contribution >= 4 is 20.6 Å². The molecule has 0 aliphatic carbocycles. The lowest BCUT2D eigenvalue weighted by atomic mass is 10.1. The van der Waals surface area contributed by atoms with E-state index in [0.29, 0.717) is 0 Å². The minimum atomic E-state index is -2.89. The van der Waals surface area contributed by atoms with Crippen LogP contribution in [0.5, 0.6) is 0 Å². The topological polar surface area (TPSA) is 77.1 Å². The quantitative estimate of drug-likeness (QED) is 0.638. The monoisotopic (exact) mass is 348 g/mol. The van der Waals surface area contributed by atoms with E-state index in [1.807, 2.05) is 27.7 Å². The molecule has 0 rings (SSSR count). The number of rotatable bonds is 9. The Morgan fingerprint density at radius 3 is 1.65 bits per heavy atom. The van der Waals surface area contributed by atoms with Crippen LogP contribution in [0.4, 0.5) is 0 Å². The van der Waals surface area contributed by atoms with Crippen molar-refractivity contribution in [1.29, 1.82) is 0 Å². The summed E-state index contributed by atoms with van der Waals surface area (Å²) in [6.07, 6.45) is 0. The molecule has 0 heterocycles. The number of hydrogen-bond donors (Lipinski definition) is 1. The van der Waals surface area contributed by atoms with Crippen LogP contribution in [0.15, 0.2) is 0 Å². The van der Waals surface area contributed by atoms with Crippen LogP contribution in [0.3, 0.4) is 0 Å². The summed E-state index contributed by atoms with van der Waals surface area (Å²) in [6.45, 7) is 10.7. The van der Waals surface area contributed by atoms with Crippen LogP contribution in [0.2, 0.25) is 5.54 Å². The third kappa shape index (κ3) is 5.27. The van der Waals surface area contributed by atoms with E-state index in [9.17, 15) is 9.59 Å². The summed E-state index contributed by atoms with van der Waals surface area (Å²) in [6, 6.07) is -0.522. The first-order chi connectivity index (χ1) is 10.6. The molecular weight excluding hydrogens is 316 g/mol. The Kier molecular flexibility index (Phi) is 8.97. The summed E-state index contributed by atoms with van der Waals surface area (Å²) in [5.74, 6) is -0.191. The zero-order chi connectivity index (χ0) is 18.4. The molecule has 7 nitrogen and oxygen atoms in total. The minimum absolute atomic E-state index is 0.0692. The maximum absolute atomic E-state index is 12.2. The highest BCUT2D eigenvalue weighted by Gasteiger charge is 2.49. The average molecular weight is 349 g/mol. The van der Waals surface area contributed by atoms with Crippen LogP contribution in [0.1, 0.15) is 41.5 Å². The van der Waals surface area contributed by atoms with Crippen molar-refractivity contribution in [2.75, 3.05) is 21.3 Å². The second kappa shape index (κ2) is 9.36. The lowest BCUT2D eigenvalue weighted by molar-refractivity contribution is -0.135. The molecule has 0 aromatic heterocycles. The number of hydrogen-bond acceptors (Lipinski definition) is 5. The number of nitrogens with zero attached hydrogens (tertiary/aromatic N) is 1. The fraction of sp³-hybridized carbons (Fsp3) is 0.867. The van der Waals surface area contributed by atoms with Gasteiger partial charge in [-0.2, -0.15) is 0 Å². The third-order valence-corrected chi connectivity index (χ3v) is 7.84. The number of amides is 2. The Labute approximate surface area is 141 Å². The predicted molar refractivity (Wildman–Crippen MR) is 90.9 cm³/mol. The first-order valence-corrected chi connectivity index (χ1v) is 9.59. The molecule has 0 fully saturated rings. The molecule has 0 saturated heterocycles. The lowest BCUT2D eigenvalue weighted by Gasteiger charge is -2.43. The van der Waals surface area contributed by atoms with Crippen molar-refractivity contribution < 1.29 is 22.9 Å². The van der Waals surface area contributed by atoms with Crippen molar-refractivity contribution in [1.82, 2.24) is 10.2 Å². The van der Waals surface area contributed by atoms with E-state index >= 15 is 0 Å². The van der Waals surface area contributed by atoms with Crippen molar-refractivity contribution in [3.8, 4) is 0 Å². The van der Waals surface area contributed by atoms with Gasteiger partial charge in [-0.3, -0.25) is 9.59 Å². The molecule has 0 aliphatic rings. The van der Waals surface area contributed by atoms with Crippen LogP contribution in [-0.4, -0.2) is 65.0 Å². The molecule has 0 radical (unpaired) electrons. The van der Waals surface area contributed by atoms with Gasteiger partial charge in [0.05, 0.1) is 0 Å². The molecule has 136 valence electrons. The second-order valence-electron chi connectivity index (χ2n) is 5.90.